The van der Waals surface area contributed by atoms with Crippen molar-refractivity contribution in [2.24, 2.45) is 5.14 Å². The number of aromatic amines is 1. The summed E-state index contributed by atoms with van der Waals surface area (Å²) in [5.41, 5.74) is 2.32. The molecule has 0 aliphatic carbocycles. The molecule has 20 heavy (non-hydrogen) atoms. The van der Waals surface area contributed by atoms with Crippen molar-refractivity contribution in [3.8, 4) is 17.0 Å². The third-order valence-electron chi connectivity index (χ3n) is 3.12. The average Bonchev–Trinajstić information content (AvgIpc) is 2.74. The summed E-state index contributed by atoms with van der Waals surface area (Å²) in [6.45, 7) is 0. The van der Waals surface area contributed by atoms with E-state index in [0.29, 0.717) is 10.9 Å². The van der Waals surface area contributed by atoms with Gasteiger partial charge < -0.3 is 10.1 Å². The Morgan fingerprint density at radius 3 is 2.35 bits per heavy atom. The molecule has 2 aromatic carbocycles. The molecule has 0 aliphatic heterocycles. The smallest absolute Gasteiger partial charge is 0.244 e. The third kappa shape index (κ3) is 2.04. The number of primary sulfonamides is 1. The molecule has 0 bridgehead atoms. The Bertz CT molecular complexity index is 883. The van der Waals surface area contributed by atoms with E-state index in [4.69, 9.17) is 5.14 Å². The Labute approximate surface area is 115 Å². The first-order valence-electron chi connectivity index (χ1n) is 5.90. The molecule has 0 radical (unpaired) electrons. The van der Waals surface area contributed by atoms with Gasteiger partial charge in [0.05, 0.1) is 0 Å². The molecule has 0 amide bonds. The molecule has 5 nitrogen and oxygen atoms in total. The molecular formula is C14H12N2O3S. The van der Waals surface area contributed by atoms with Gasteiger partial charge in [-0.2, -0.15) is 0 Å². The van der Waals surface area contributed by atoms with E-state index in [-0.39, 0.29) is 4.90 Å². The van der Waals surface area contributed by atoms with Crippen molar-refractivity contribution in [1.82, 2.24) is 4.98 Å². The van der Waals surface area contributed by atoms with E-state index in [1.807, 2.05) is 36.4 Å². The molecular weight excluding hydrogens is 276 g/mol. The van der Waals surface area contributed by atoms with Crippen LogP contribution in [-0.2, 0) is 10.0 Å². The molecule has 4 N–H and O–H groups in total. The van der Waals surface area contributed by atoms with Crippen LogP contribution in [0.2, 0.25) is 0 Å². The Morgan fingerprint density at radius 1 is 1.00 bits per heavy atom. The standard InChI is InChI=1S/C14H12N2O3S/c15-20(18,19)13-11-8-10(9-4-2-1-3-5-9)6-7-12(11)16-14(13)17/h1-8,16-17H,(H2,15,18,19). The molecule has 1 aromatic heterocycles. The third-order valence-corrected chi connectivity index (χ3v) is 4.11. The summed E-state index contributed by atoms with van der Waals surface area (Å²) in [6, 6.07) is 14.8. The normalized spacial score (nSPS) is 11.8. The fourth-order valence-electron chi connectivity index (χ4n) is 2.25. The molecule has 0 fully saturated rings. The number of nitrogens with one attached hydrogen (secondary N) is 1. The molecule has 0 saturated heterocycles. The van der Waals surface area contributed by atoms with Crippen LogP contribution in [0, 0.1) is 0 Å². The number of H-pyrrole nitrogens is 1. The minimum Gasteiger partial charge on any atom is -0.494 e. The highest BCUT2D eigenvalue weighted by Gasteiger charge is 2.21. The maximum Gasteiger partial charge on any atom is 0.244 e. The van der Waals surface area contributed by atoms with Crippen molar-refractivity contribution >= 4 is 20.9 Å². The summed E-state index contributed by atoms with van der Waals surface area (Å²) in [4.78, 5) is 2.34. The van der Waals surface area contributed by atoms with Crippen LogP contribution in [0.3, 0.4) is 0 Å². The summed E-state index contributed by atoms with van der Waals surface area (Å²) in [5, 5.41) is 15.2. The zero-order valence-corrected chi connectivity index (χ0v) is 11.2. The van der Waals surface area contributed by atoms with Gasteiger partial charge in [-0.25, -0.2) is 13.6 Å². The Morgan fingerprint density at radius 2 is 1.70 bits per heavy atom. The maximum atomic E-state index is 11.6. The SMILES string of the molecule is NS(=O)(=O)c1c(O)[nH]c2ccc(-c3ccccc3)cc12. The molecule has 0 aliphatic rings. The summed E-state index contributed by atoms with van der Waals surface area (Å²) >= 11 is 0. The van der Waals surface area contributed by atoms with Gasteiger partial charge in [0.15, 0.2) is 4.90 Å². The molecule has 0 saturated carbocycles. The van der Waals surface area contributed by atoms with Crippen LogP contribution in [0.1, 0.15) is 0 Å². The van der Waals surface area contributed by atoms with E-state index < -0.39 is 15.9 Å². The molecule has 6 heteroatoms. The number of sulfonamides is 1. The summed E-state index contributed by atoms with van der Waals surface area (Å²) in [6.07, 6.45) is 0. The van der Waals surface area contributed by atoms with Crippen molar-refractivity contribution in [2.45, 2.75) is 4.90 Å². The van der Waals surface area contributed by atoms with E-state index in [2.05, 4.69) is 4.98 Å². The van der Waals surface area contributed by atoms with Crippen LogP contribution in [0.15, 0.2) is 53.4 Å². The van der Waals surface area contributed by atoms with Crippen LogP contribution >= 0.6 is 0 Å². The number of hydrogen-bond acceptors (Lipinski definition) is 3. The number of aromatic hydroxyl groups is 1. The van der Waals surface area contributed by atoms with E-state index in [9.17, 15) is 13.5 Å². The van der Waals surface area contributed by atoms with Gasteiger partial charge in [-0.15, -0.1) is 0 Å². The molecule has 102 valence electrons. The van der Waals surface area contributed by atoms with E-state index >= 15 is 0 Å². The van der Waals surface area contributed by atoms with Gasteiger partial charge >= 0.3 is 0 Å². The lowest BCUT2D eigenvalue weighted by molar-refractivity contribution is 0.443. The van der Waals surface area contributed by atoms with Crippen LogP contribution in [0.25, 0.3) is 22.0 Å². The highest BCUT2D eigenvalue weighted by Crippen LogP contribution is 2.33. The van der Waals surface area contributed by atoms with Crippen molar-refractivity contribution in [3.05, 3.63) is 48.5 Å². The largest absolute Gasteiger partial charge is 0.494 e. The number of aromatic nitrogens is 1. The lowest BCUT2D eigenvalue weighted by Crippen LogP contribution is -2.11. The van der Waals surface area contributed by atoms with Crippen LogP contribution in [0.5, 0.6) is 5.88 Å². The number of hydrogen-bond donors (Lipinski definition) is 3. The molecule has 3 aromatic rings. The van der Waals surface area contributed by atoms with E-state index in [1.54, 1.807) is 12.1 Å². The molecule has 0 atom stereocenters. The predicted octanol–water partition coefficient (Wildman–Crippen LogP) is 2.19. The first-order valence-corrected chi connectivity index (χ1v) is 7.44. The highest BCUT2D eigenvalue weighted by molar-refractivity contribution is 7.89. The zero-order chi connectivity index (χ0) is 14.3. The van der Waals surface area contributed by atoms with E-state index in [1.165, 1.54) is 0 Å². The molecule has 0 spiro atoms. The quantitative estimate of drug-likeness (QED) is 0.674. The van der Waals surface area contributed by atoms with Gasteiger partial charge in [-0.3, -0.25) is 0 Å². The fraction of sp³-hybridized carbons (Fsp3) is 0. The van der Waals surface area contributed by atoms with Gasteiger partial charge in [0, 0.05) is 10.9 Å². The minimum absolute atomic E-state index is 0.273. The first kappa shape index (κ1) is 12.7. The number of fused-ring (bicyclic) bond motifs is 1. The van der Waals surface area contributed by atoms with Gasteiger partial charge in [-0.1, -0.05) is 36.4 Å². The van der Waals surface area contributed by atoms with Crippen LogP contribution < -0.4 is 5.14 Å². The second-order valence-corrected chi connectivity index (χ2v) is 5.97. The fourth-order valence-corrected chi connectivity index (χ4v) is 3.05. The van der Waals surface area contributed by atoms with Crippen molar-refractivity contribution in [2.75, 3.05) is 0 Å². The minimum atomic E-state index is -4.00. The van der Waals surface area contributed by atoms with Gasteiger partial charge in [-0.05, 0) is 23.3 Å². The van der Waals surface area contributed by atoms with Crippen molar-refractivity contribution < 1.29 is 13.5 Å². The molecule has 3 rings (SSSR count). The summed E-state index contributed by atoms with van der Waals surface area (Å²) in [7, 11) is -4.00. The lowest BCUT2D eigenvalue weighted by atomic mass is 10.0. The maximum absolute atomic E-state index is 11.6. The zero-order valence-electron chi connectivity index (χ0n) is 10.4. The Hall–Kier alpha value is -2.31. The summed E-state index contributed by atoms with van der Waals surface area (Å²) < 4.78 is 23.1. The van der Waals surface area contributed by atoms with Crippen LogP contribution in [0.4, 0.5) is 0 Å². The van der Waals surface area contributed by atoms with Gasteiger partial charge in [0.2, 0.25) is 15.9 Å². The van der Waals surface area contributed by atoms with Gasteiger partial charge in [0.1, 0.15) is 0 Å². The molecule has 1 heterocycles. The lowest BCUT2D eigenvalue weighted by Gasteiger charge is -2.02. The van der Waals surface area contributed by atoms with Crippen LogP contribution in [-0.4, -0.2) is 18.5 Å². The Kier molecular flexibility index (Phi) is 2.77. The first-order chi connectivity index (χ1) is 9.47. The van der Waals surface area contributed by atoms with Crippen molar-refractivity contribution in [3.63, 3.8) is 0 Å². The summed E-state index contributed by atoms with van der Waals surface area (Å²) in [5.74, 6) is -0.437. The number of benzene rings is 2. The Balaban J connectivity index is 2.31. The van der Waals surface area contributed by atoms with Crippen molar-refractivity contribution in [1.29, 1.82) is 0 Å². The predicted molar refractivity (Wildman–Crippen MR) is 76.8 cm³/mol. The average molecular weight is 288 g/mol. The second kappa shape index (κ2) is 4.36. The topological polar surface area (TPSA) is 96.2 Å². The van der Waals surface area contributed by atoms with Gasteiger partial charge in [0.25, 0.3) is 0 Å². The molecule has 0 unspecified atom stereocenters. The second-order valence-electron chi connectivity index (χ2n) is 4.47. The van der Waals surface area contributed by atoms with E-state index in [0.717, 1.165) is 11.1 Å². The number of rotatable bonds is 2. The monoisotopic (exact) mass is 288 g/mol. The number of nitrogens with two attached hydrogens (primary N) is 1. The highest BCUT2D eigenvalue weighted by atomic mass is 32.2.